The normalized spacial score (nSPS) is 21.6. The standard InChI is InChI=1S/C17H25NO/c1-12-7-8-15(17(11-18)9-10-17)16(13(12)2)19-14-5-3-4-6-14/h7-8,14H,3-6,9-11,18H2,1-2H3. The number of ether oxygens (including phenoxy) is 1. The maximum atomic E-state index is 6.39. The second-order valence-corrected chi connectivity index (χ2v) is 6.39. The van der Waals surface area contributed by atoms with Gasteiger partial charge in [-0.05, 0) is 63.5 Å². The number of rotatable bonds is 4. The van der Waals surface area contributed by atoms with E-state index in [-0.39, 0.29) is 5.41 Å². The van der Waals surface area contributed by atoms with E-state index in [9.17, 15) is 0 Å². The predicted octanol–water partition coefficient (Wildman–Crippen LogP) is 3.62. The van der Waals surface area contributed by atoms with Gasteiger partial charge >= 0.3 is 0 Å². The lowest BCUT2D eigenvalue weighted by Gasteiger charge is -2.24. The second-order valence-electron chi connectivity index (χ2n) is 6.39. The molecule has 2 heteroatoms. The molecule has 0 saturated heterocycles. The third-order valence-electron chi connectivity index (χ3n) is 5.08. The highest BCUT2D eigenvalue weighted by molar-refractivity contribution is 5.51. The average molecular weight is 259 g/mol. The number of hydrogen-bond acceptors (Lipinski definition) is 2. The monoisotopic (exact) mass is 259 g/mol. The lowest BCUT2D eigenvalue weighted by Crippen LogP contribution is -2.23. The van der Waals surface area contributed by atoms with Gasteiger partial charge in [0.15, 0.2) is 0 Å². The van der Waals surface area contributed by atoms with Crippen LogP contribution in [0, 0.1) is 13.8 Å². The van der Waals surface area contributed by atoms with E-state index in [1.54, 1.807) is 0 Å². The molecule has 104 valence electrons. The summed E-state index contributed by atoms with van der Waals surface area (Å²) in [5.41, 5.74) is 10.2. The SMILES string of the molecule is Cc1ccc(C2(CN)CC2)c(OC2CCCC2)c1C. The Morgan fingerprint density at radius 2 is 1.89 bits per heavy atom. The number of nitrogens with two attached hydrogens (primary N) is 1. The summed E-state index contributed by atoms with van der Waals surface area (Å²) < 4.78 is 6.39. The fraction of sp³-hybridized carbons (Fsp3) is 0.647. The molecule has 2 saturated carbocycles. The summed E-state index contributed by atoms with van der Waals surface area (Å²) in [5, 5.41) is 0. The Labute approximate surface area is 116 Å². The van der Waals surface area contributed by atoms with Crippen molar-refractivity contribution in [2.75, 3.05) is 6.54 Å². The van der Waals surface area contributed by atoms with Gasteiger partial charge in [-0.15, -0.1) is 0 Å². The quantitative estimate of drug-likeness (QED) is 0.896. The Morgan fingerprint density at radius 3 is 2.47 bits per heavy atom. The van der Waals surface area contributed by atoms with Crippen molar-refractivity contribution in [1.29, 1.82) is 0 Å². The van der Waals surface area contributed by atoms with Crippen LogP contribution in [0.25, 0.3) is 0 Å². The van der Waals surface area contributed by atoms with Crippen molar-refractivity contribution < 1.29 is 4.74 Å². The summed E-state index contributed by atoms with van der Waals surface area (Å²) in [6, 6.07) is 4.48. The van der Waals surface area contributed by atoms with Crippen molar-refractivity contribution in [3.05, 3.63) is 28.8 Å². The molecule has 1 aromatic carbocycles. The van der Waals surface area contributed by atoms with Crippen molar-refractivity contribution in [3.8, 4) is 5.75 Å². The minimum Gasteiger partial charge on any atom is -0.490 e. The highest BCUT2D eigenvalue weighted by Crippen LogP contribution is 2.51. The van der Waals surface area contributed by atoms with Gasteiger partial charge in [-0.3, -0.25) is 0 Å². The van der Waals surface area contributed by atoms with Crippen LogP contribution in [0.4, 0.5) is 0 Å². The minimum atomic E-state index is 0.215. The molecule has 1 aromatic rings. The lowest BCUT2D eigenvalue weighted by molar-refractivity contribution is 0.205. The van der Waals surface area contributed by atoms with Gasteiger partial charge in [0.05, 0.1) is 6.10 Å². The van der Waals surface area contributed by atoms with E-state index < -0.39 is 0 Å². The van der Waals surface area contributed by atoms with Crippen molar-refractivity contribution in [2.45, 2.75) is 63.9 Å². The molecule has 0 spiro atoms. The van der Waals surface area contributed by atoms with E-state index >= 15 is 0 Å². The van der Waals surface area contributed by atoms with Crippen LogP contribution in [-0.4, -0.2) is 12.6 Å². The van der Waals surface area contributed by atoms with Crippen molar-refractivity contribution in [1.82, 2.24) is 0 Å². The van der Waals surface area contributed by atoms with Gasteiger partial charge in [0, 0.05) is 17.5 Å². The Hall–Kier alpha value is -1.02. The Morgan fingerprint density at radius 1 is 1.21 bits per heavy atom. The Bertz CT molecular complexity index is 470. The van der Waals surface area contributed by atoms with Gasteiger partial charge in [-0.2, -0.15) is 0 Å². The summed E-state index contributed by atoms with van der Waals surface area (Å²) in [6.45, 7) is 5.11. The molecule has 2 aliphatic carbocycles. The van der Waals surface area contributed by atoms with Crippen molar-refractivity contribution in [2.24, 2.45) is 5.73 Å². The molecular weight excluding hydrogens is 234 g/mol. The van der Waals surface area contributed by atoms with Gasteiger partial charge in [0.25, 0.3) is 0 Å². The van der Waals surface area contributed by atoms with Crippen LogP contribution in [-0.2, 0) is 5.41 Å². The molecule has 2 nitrogen and oxygen atoms in total. The molecule has 2 aliphatic rings. The first-order valence-corrected chi connectivity index (χ1v) is 7.64. The molecular formula is C17H25NO. The summed E-state index contributed by atoms with van der Waals surface area (Å²) in [5.74, 6) is 1.15. The molecule has 0 bridgehead atoms. The maximum Gasteiger partial charge on any atom is 0.126 e. The zero-order chi connectivity index (χ0) is 13.5. The Balaban J connectivity index is 1.96. The zero-order valence-electron chi connectivity index (χ0n) is 12.2. The Kier molecular flexibility index (Phi) is 3.30. The molecule has 2 N–H and O–H groups in total. The molecule has 0 atom stereocenters. The van der Waals surface area contributed by atoms with E-state index in [1.807, 2.05) is 0 Å². The maximum absolute atomic E-state index is 6.39. The molecule has 3 rings (SSSR count). The summed E-state index contributed by atoms with van der Waals surface area (Å²) in [6.07, 6.45) is 7.90. The topological polar surface area (TPSA) is 35.2 Å². The van der Waals surface area contributed by atoms with E-state index in [0.717, 1.165) is 12.3 Å². The smallest absolute Gasteiger partial charge is 0.126 e. The second kappa shape index (κ2) is 4.82. The van der Waals surface area contributed by atoms with Gasteiger partial charge in [-0.25, -0.2) is 0 Å². The first-order valence-electron chi connectivity index (χ1n) is 7.64. The molecule has 2 fully saturated rings. The molecule has 19 heavy (non-hydrogen) atoms. The minimum absolute atomic E-state index is 0.215. The van der Waals surface area contributed by atoms with Gasteiger partial charge in [0.2, 0.25) is 0 Å². The van der Waals surface area contributed by atoms with E-state index in [4.69, 9.17) is 10.5 Å². The fourth-order valence-corrected chi connectivity index (χ4v) is 3.27. The molecule has 0 heterocycles. The number of benzene rings is 1. The molecule has 0 aliphatic heterocycles. The highest BCUT2D eigenvalue weighted by atomic mass is 16.5. The molecule has 0 amide bonds. The molecule has 0 aromatic heterocycles. The third kappa shape index (κ3) is 2.27. The van der Waals surface area contributed by atoms with E-state index in [2.05, 4.69) is 26.0 Å². The molecule has 0 unspecified atom stereocenters. The summed E-state index contributed by atoms with van der Waals surface area (Å²) >= 11 is 0. The first kappa shape index (κ1) is 13.0. The average Bonchev–Trinajstić information content (AvgIpc) is 3.04. The zero-order valence-corrected chi connectivity index (χ0v) is 12.2. The van der Waals surface area contributed by atoms with Crippen molar-refractivity contribution >= 4 is 0 Å². The van der Waals surface area contributed by atoms with Gasteiger partial charge in [-0.1, -0.05) is 12.1 Å². The lowest BCUT2D eigenvalue weighted by atomic mass is 9.91. The van der Waals surface area contributed by atoms with Crippen LogP contribution in [0.1, 0.15) is 55.2 Å². The van der Waals surface area contributed by atoms with Gasteiger partial charge < -0.3 is 10.5 Å². The van der Waals surface area contributed by atoms with Gasteiger partial charge in [0.1, 0.15) is 5.75 Å². The third-order valence-corrected chi connectivity index (χ3v) is 5.08. The van der Waals surface area contributed by atoms with Crippen LogP contribution in [0.5, 0.6) is 5.75 Å². The molecule has 0 radical (unpaired) electrons. The van der Waals surface area contributed by atoms with Crippen LogP contribution >= 0.6 is 0 Å². The largest absolute Gasteiger partial charge is 0.490 e. The van der Waals surface area contributed by atoms with Crippen LogP contribution in [0.15, 0.2) is 12.1 Å². The van der Waals surface area contributed by atoms with Crippen LogP contribution < -0.4 is 10.5 Å². The van der Waals surface area contributed by atoms with Crippen molar-refractivity contribution in [3.63, 3.8) is 0 Å². The van der Waals surface area contributed by atoms with E-state index in [1.165, 1.54) is 55.2 Å². The predicted molar refractivity (Wildman–Crippen MR) is 78.8 cm³/mol. The number of hydrogen-bond donors (Lipinski definition) is 1. The fourth-order valence-electron chi connectivity index (χ4n) is 3.27. The summed E-state index contributed by atoms with van der Waals surface area (Å²) in [7, 11) is 0. The first-order chi connectivity index (χ1) is 9.16. The number of aryl methyl sites for hydroxylation is 1. The highest BCUT2D eigenvalue weighted by Gasteiger charge is 2.45. The van der Waals surface area contributed by atoms with E-state index in [0.29, 0.717) is 6.10 Å². The summed E-state index contributed by atoms with van der Waals surface area (Å²) in [4.78, 5) is 0. The van der Waals surface area contributed by atoms with Crippen LogP contribution in [0.2, 0.25) is 0 Å². The van der Waals surface area contributed by atoms with Crippen LogP contribution in [0.3, 0.4) is 0 Å².